The molecule has 0 aromatic heterocycles. The molecule has 2 aliphatic rings. The van der Waals surface area contributed by atoms with Gasteiger partial charge in [-0.15, -0.1) is 0 Å². The third kappa shape index (κ3) is 5.52. The van der Waals surface area contributed by atoms with Crippen molar-refractivity contribution in [1.29, 1.82) is 0 Å². The summed E-state index contributed by atoms with van der Waals surface area (Å²) >= 11 is 1.79. The molecular weight excluding hydrogens is 350 g/mol. The first-order valence-corrected chi connectivity index (χ1v) is 11.0. The summed E-state index contributed by atoms with van der Waals surface area (Å²) in [6, 6.07) is 0.134. The van der Waals surface area contributed by atoms with E-state index in [0.717, 1.165) is 17.9 Å². The molecule has 2 rings (SSSR count). The van der Waals surface area contributed by atoms with Crippen molar-refractivity contribution in [2.45, 2.75) is 18.9 Å². The number of aliphatic imine (C=N–C) groups is 1. The Labute approximate surface area is 148 Å². The number of nitrogens with zero attached hydrogens (tertiary/aromatic N) is 3. The van der Waals surface area contributed by atoms with Crippen molar-refractivity contribution >= 4 is 33.7 Å². The number of guanidine groups is 1. The number of rotatable bonds is 5. The second kappa shape index (κ2) is 8.91. The van der Waals surface area contributed by atoms with E-state index in [2.05, 4.69) is 15.6 Å². The Bertz CT molecular complexity index is 561. The second-order valence-electron chi connectivity index (χ2n) is 5.98. The van der Waals surface area contributed by atoms with Gasteiger partial charge in [-0.3, -0.25) is 9.79 Å². The van der Waals surface area contributed by atoms with Crippen LogP contribution >= 0.6 is 11.8 Å². The van der Waals surface area contributed by atoms with Crippen LogP contribution in [0.1, 0.15) is 12.8 Å². The number of likely N-dealkylation sites (N-methyl/N-ethyl adjacent to an activating group) is 1. The molecule has 0 bridgehead atoms. The second-order valence-corrected chi connectivity index (χ2v) is 9.29. The van der Waals surface area contributed by atoms with Crippen LogP contribution in [-0.2, 0) is 14.8 Å². The summed E-state index contributed by atoms with van der Waals surface area (Å²) in [5, 5.41) is 6.32. The largest absolute Gasteiger partial charge is 0.355 e. The minimum Gasteiger partial charge on any atom is -0.355 e. The van der Waals surface area contributed by atoms with Crippen molar-refractivity contribution in [3.05, 3.63) is 0 Å². The van der Waals surface area contributed by atoms with Crippen molar-refractivity contribution in [3.63, 3.8) is 0 Å². The van der Waals surface area contributed by atoms with Crippen molar-refractivity contribution in [2.75, 3.05) is 57.5 Å². The molecule has 0 spiro atoms. The monoisotopic (exact) mass is 377 g/mol. The highest BCUT2D eigenvalue weighted by Crippen LogP contribution is 2.13. The maximum absolute atomic E-state index is 12.3. The van der Waals surface area contributed by atoms with E-state index >= 15 is 0 Å². The summed E-state index contributed by atoms with van der Waals surface area (Å²) < 4.78 is 26.2. The molecule has 2 aliphatic heterocycles. The number of thioether (sulfide) groups is 1. The molecule has 1 atom stereocenters. The van der Waals surface area contributed by atoms with Crippen LogP contribution in [0.2, 0.25) is 0 Å². The van der Waals surface area contributed by atoms with Crippen molar-refractivity contribution in [2.24, 2.45) is 4.99 Å². The normalized spacial score (nSPS) is 24.1. The zero-order chi connectivity index (χ0) is 17.6. The smallest absolute Gasteiger partial charge is 0.222 e. The summed E-state index contributed by atoms with van der Waals surface area (Å²) in [6.07, 6.45) is 1.28. The van der Waals surface area contributed by atoms with E-state index in [4.69, 9.17) is 0 Å². The molecule has 0 aliphatic carbocycles. The molecule has 8 nitrogen and oxygen atoms in total. The lowest BCUT2D eigenvalue weighted by atomic mass is 10.1. The van der Waals surface area contributed by atoms with Crippen LogP contribution in [0.3, 0.4) is 0 Å². The Morgan fingerprint density at radius 3 is 2.71 bits per heavy atom. The fourth-order valence-electron chi connectivity index (χ4n) is 2.77. The number of hydrogen-bond donors (Lipinski definition) is 2. The molecule has 2 N–H and O–H groups in total. The van der Waals surface area contributed by atoms with Crippen LogP contribution in [-0.4, -0.2) is 93.1 Å². The molecule has 0 aromatic carbocycles. The molecule has 138 valence electrons. The molecule has 0 saturated carbocycles. The maximum atomic E-state index is 12.3. The minimum atomic E-state index is -3.21. The Balaban J connectivity index is 1.76. The van der Waals surface area contributed by atoms with E-state index in [1.54, 1.807) is 35.1 Å². The summed E-state index contributed by atoms with van der Waals surface area (Å²) in [6.45, 7) is 2.14. The summed E-state index contributed by atoms with van der Waals surface area (Å²) in [4.78, 5) is 17.3. The van der Waals surface area contributed by atoms with E-state index in [1.807, 2.05) is 0 Å². The first-order chi connectivity index (χ1) is 11.4. The average molecular weight is 378 g/mol. The van der Waals surface area contributed by atoms with Gasteiger partial charge in [0.25, 0.3) is 0 Å². The average Bonchev–Trinajstić information content (AvgIpc) is 2.58. The summed E-state index contributed by atoms with van der Waals surface area (Å²) in [7, 11) is 0.229. The van der Waals surface area contributed by atoms with Gasteiger partial charge in [0.05, 0.1) is 5.75 Å². The van der Waals surface area contributed by atoms with Crippen LogP contribution in [0, 0.1) is 0 Å². The molecule has 10 heteroatoms. The van der Waals surface area contributed by atoms with Gasteiger partial charge in [-0.05, 0) is 6.42 Å². The van der Waals surface area contributed by atoms with E-state index in [0.29, 0.717) is 38.6 Å². The lowest BCUT2D eigenvalue weighted by Crippen LogP contribution is -2.52. The highest BCUT2D eigenvalue weighted by atomic mass is 32.2. The minimum absolute atomic E-state index is 0.0570. The van der Waals surface area contributed by atoms with Crippen molar-refractivity contribution in [1.82, 2.24) is 19.8 Å². The number of carbonyl (C=O) groups is 1. The quantitative estimate of drug-likeness (QED) is 0.479. The van der Waals surface area contributed by atoms with Gasteiger partial charge in [0.2, 0.25) is 15.9 Å². The standard InChI is InChI=1S/C14H27N5O3S2/c1-15-14(17-12-3-4-13(20)18(2)11-12)16-5-10-24(21,22)19-6-8-23-9-7-19/h12H,3-11H2,1-2H3,(H2,15,16,17). The molecule has 24 heavy (non-hydrogen) atoms. The Kier molecular flexibility index (Phi) is 7.17. The number of hydrogen-bond acceptors (Lipinski definition) is 5. The van der Waals surface area contributed by atoms with Gasteiger partial charge in [-0.1, -0.05) is 0 Å². The van der Waals surface area contributed by atoms with Gasteiger partial charge in [-0.2, -0.15) is 11.8 Å². The predicted octanol–water partition coefficient (Wildman–Crippen LogP) is -0.849. The number of sulfonamides is 1. The highest BCUT2D eigenvalue weighted by Gasteiger charge is 2.25. The van der Waals surface area contributed by atoms with E-state index in [9.17, 15) is 13.2 Å². The van der Waals surface area contributed by atoms with Crippen molar-refractivity contribution < 1.29 is 13.2 Å². The van der Waals surface area contributed by atoms with E-state index in [1.165, 1.54) is 0 Å². The van der Waals surface area contributed by atoms with Gasteiger partial charge >= 0.3 is 0 Å². The number of carbonyl (C=O) groups excluding carboxylic acids is 1. The molecule has 2 saturated heterocycles. The molecular formula is C14H27N5O3S2. The summed E-state index contributed by atoms with van der Waals surface area (Å²) in [5.41, 5.74) is 0. The first kappa shape index (κ1) is 19.3. The van der Waals surface area contributed by atoms with Gasteiger partial charge in [-0.25, -0.2) is 12.7 Å². The van der Waals surface area contributed by atoms with Crippen LogP contribution in [0.15, 0.2) is 4.99 Å². The molecule has 0 radical (unpaired) electrons. The predicted molar refractivity (Wildman–Crippen MR) is 97.8 cm³/mol. The Hall–Kier alpha value is -1.00. The fourth-order valence-corrected chi connectivity index (χ4v) is 5.26. The third-order valence-corrected chi connectivity index (χ3v) is 7.02. The molecule has 1 amide bonds. The van der Waals surface area contributed by atoms with Gasteiger partial charge in [0, 0.05) is 64.2 Å². The maximum Gasteiger partial charge on any atom is 0.222 e. The first-order valence-electron chi connectivity index (χ1n) is 8.19. The van der Waals surface area contributed by atoms with Gasteiger partial charge in [0.1, 0.15) is 0 Å². The third-order valence-electron chi connectivity index (χ3n) is 4.21. The number of likely N-dealkylation sites (tertiary alicyclic amines) is 1. The Morgan fingerprint density at radius 2 is 2.08 bits per heavy atom. The number of nitrogens with one attached hydrogen (secondary N) is 2. The van der Waals surface area contributed by atoms with Crippen LogP contribution in [0.25, 0.3) is 0 Å². The number of amides is 1. The van der Waals surface area contributed by atoms with E-state index in [-0.39, 0.29) is 17.7 Å². The van der Waals surface area contributed by atoms with Crippen molar-refractivity contribution in [3.8, 4) is 0 Å². The SMILES string of the molecule is CN=C(NCCS(=O)(=O)N1CCSCC1)NC1CCC(=O)N(C)C1. The van der Waals surface area contributed by atoms with Crippen LogP contribution < -0.4 is 10.6 Å². The molecule has 2 fully saturated rings. The fraction of sp³-hybridized carbons (Fsp3) is 0.857. The zero-order valence-corrected chi connectivity index (χ0v) is 16.0. The van der Waals surface area contributed by atoms with Crippen LogP contribution in [0.4, 0.5) is 0 Å². The molecule has 1 unspecified atom stereocenters. The highest BCUT2D eigenvalue weighted by molar-refractivity contribution is 7.99. The topological polar surface area (TPSA) is 94.1 Å². The van der Waals surface area contributed by atoms with E-state index < -0.39 is 10.0 Å². The molecule has 2 heterocycles. The lowest BCUT2D eigenvalue weighted by Gasteiger charge is -2.31. The van der Waals surface area contributed by atoms with Gasteiger partial charge < -0.3 is 15.5 Å². The lowest BCUT2D eigenvalue weighted by molar-refractivity contribution is -0.132. The number of piperidine rings is 1. The Morgan fingerprint density at radius 1 is 1.38 bits per heavy atom. The van der Waals surface area contributed by atoms with Gasteiger partial charge in [0.15, 0.2) is 5.96 Å². The van der Waals surface area contributed by atoms with Crippen LogP contribution in [0.5, 0.6) is 0 Å². The zero-order valence-electron chi connectivity index (χ0n) is 14.3. The molecule has 0 aromatic rings. The summed E-state index contributed by atoms with van der Waals surface area (Å²) in [5.74, 6) is 2.52.